The van der Waals surface area contributed by atoms with E-state index in [1.807, 2.05) is 31.2 Å². The molecule has 2 heterocycles. The highest BCUT2D eigenvalue weighted by Crippen LogP contribution is 2.29. The van der Waals surface area contributed by atoms with Gasteiger partial charge in [0.1, 0.15) is 5.69 Å². The van der Waals surface area contributed by atoms with E-state index < -0.39 is 17.8 Å². The molecule has 1 aromatic carbocycles. The van der Waals surface area contributed by atoms with Gasteiger partial charge in [0, 0.05) is 13.1 Å². The summed E-state index contributed by atoms with van der Waals surface area (Å²) >= 11 is 0. The van der Waals surface area contributed by atoms with Gasteiger partial charge in [-0.25, -0.2) is 0 Å². The lowest BCUT2D eigenvalue weighted by atomic mass is 10.1. The molecule has 2 aromatic heterocycles. The number of anilines is 1. The number of benzene rings is 1. The van der Waals surface area contributed by atoms with Crippen molar-refractivity contribution in [3.8, 4) is 0 Å². The Labute approximate surface area is 160 Å². The van der Waals surface area contributed by atoms with Crippen molar-refractivity contribution >= 4 is 11.6 Å². The van der Waals surface area contributed by atoms with Gasteiger partial charge in [0.2, 0.25) is 0 Å². The molecule has 9 heteroatoms. The topological polar surface area (TPSA) is 64.7 Å². The average Bonchev–Trinajstić information content (AvgIpc) is 3.10. The van der Waals surface area contributed by atoms with E-state index in [1.165, 1.54) is 7.05 Å². The second-order valence-electron chi connectivity index (χ2n) is 6.68. The quantitative estimate of drug-likeness (QED) is 0.735. The molecule has 0 saturated heterocycles. The van der Waals surface area contributed by atoms with Crippen molar-refractivity contribution in [3.05, 3.63) is 64.2 Å². The molecule has 0 aliphatic heterocycles. The van der Waals surface area contributed by atoms with E-state index in [0.717, 1.165) is 21.9 Å². The van der Waals surface area contributed by atoms with Crippen molar-refractivity contribution in [2.24, 2.45) is 7.05 Å². The maximum absolute atomic E-state index is 12.8. The molecule has 0 saturated carbocycles. The molecule has 1 amide bonds. The number of alkyl halides is 3. The van der Waals surface area contributed by atoms with Crippen LogP contribution in [-0.2, 0) is 19.8 Å². The predicted octanol–water partition coefficient (Wildman–Crippen LogP) is 3.86. The molecule has 0 atom stereocenters. The normalized spacial score (nSPS) is 11.7. The van der Waals surface area contributed by atoms with Crippen LogP contribution in [0.25, 0.3) is 0 Å². The van der Waals surface area contributed by atoms with Gasteiger partial charge in [-0.15, -0.1) is 0 Å². The van der Waals surface area contributed by atoms with Crippen molar-refractivity contribution in [1.29, 1.82) is 0 Å². The summed E-state index contributed by atoms with van der Waals surface area (Å²) in [5.41, 5.74) is 2.67. The number of nitrogens with zero attached hydrogens (tertiary/aromatic N) is 4. The van der Waals surface area contributed by atoms with E-state index in [-0.39, 0.29) is 5.69 Å². The maximum Gasteiger partial charge on any atom is 0.435 e. The molecule has 0 fully saturated rings. The smallest absolute Gasteiger partial charge is 0.317 e. The van der Waals surface area contributed by atoms with E-state index in [4.69, 9.17) is 0 Å². The summed E-state index contributed by atoms with van der Waals surface area (Å²) < 4.78 is 41.1. The Morgan fingerprint density at radius 3 is 2.46 bits per heavy atom. The largest absolute Gasteiger partial charge is 0.435 e. The van der Waals surface area contributed by atoms with Gasteiger partial charge >= 0.3 is 6.18 Å². The Hall–Kier alpha value is -3.10. The fourth-order valence-electron chi connectivity index (χ4n) is 3.01. The summed E-state index contributed by atoms with van der Waals surface area (Å²) in [6.07, 6.45) is -4.61. The molecule has 3 rings (SSSR count). The minimum atomic E-state index is -4.61. The van der Waals surface area contributed by atoms with Crippen LogP contribution in [0.1, 0.15) is 38.7 Å². The maximum atomic E-state index is 12.8. The number of aromatic nitrogens is 4. The van der Waals surface area contributed by atoms with E-state index in [0.29, 0.717) is 23.6 Å². The number of hydrogen-bond acceptors (Lipinski definition) is 3. The van der Waals surface area contributed by atoms with E-state index >= 15 is 0 Å². The fourth-order valence-corrected chi connectivity index (χ4v) is 3.01. The Balaban J connectivity index is 1.84. The van der Waals surface area contributed by atoms with Crippen LogP contribution in [0.2, 0.25) is 0 Å². The van der Waals surface area contributed by atoms with Crippen LogP contribution in [0.3, 0.4) is 0 Å². The number of amides is 1. The molecule has 0 aliphatic carbocycles. The Morgan fingerprint density at radius 1 is 1.14 bits per heavy atom. The molecule has 0 radical (unpaired) electrons. The summed E-state index contributed by atoms with van der Waals surface area (Å²) in [6.45, 7) is 6.06. The highest BCUT2D eigenvalue weighted by molar-refractivity contribution is 6.03. The lowest BCUT2D eigenvalue weighted by molar-refractivity contribution is -0.141. The lowest BCUT2D eigenvalue weighted by Gasteiger charge is -2.08. The number of rotatable bonds is 4. The number of halogens is 3. The van der Waals surface area contributed by atoms with E-state index in [2.05, 4.69) is 15.5 Å². The summed E-state index contributed by atoms with van der Waals surface area (Å²) in [7, 11) is 1.30. The average molecular weight is 391 g/mol. The SMILES string of the molecule is Cc1cccc(Cn2nc(C)c(NC(=O)c3cc(C(F)(F)F)nn3C)c2C)c1. The molecule has 0 aliphatic rings. The second kappa shape index (κ2) is 7.14. The van der Waals surface area contributed by atoms with Crippen molar-refractivity contribution < 1.29 is 18.0 Å². The third-order valence-corrected chi connectivity index (χ3v) is 4.44. The minimum absolute atomic E-state index is 0.183. The van der Waals surface area contributed by atoms with Crippen LogP contribution >= 0.6 is 0 Å². The van der Waals surface area contributed by atoms with Crippen molar-refractivity contribution in [2.45, 2.75) is 33.5 Å². The van der Waals surface area contributed by atoms with Crippen LogP contribution in [0.5, 0.6) is 0 Å². The molecule has 6 nitrogen and oxygen atoms in total. The highest BCUT2D eigenvalue weighted by atomic mass is 19.4. The Kier molecular flexibility index (Phi) is 5.01. The van der Waals surface area contributed by atoms with Crippen LogP contribution in [-0.4, -0.2) is 25.5 Å². The Bertz CT molecular complexity index is 1030. The molecular formula is C19H20F3N5O. The van der Waals surface area contributed by atoms with Crippen LogP contribution in [0, 0.1) is 20.8 Å². The minimum Gasteiger partial charge on any atom is -0.317 e. The molecule has 1 N–H and O–H groups in total. The molecule has 28 heavy (non-hydrogen) atoms. The zero-order valence-corrected chi connectivity index (χ0v) is 15.9. The first-order valence-corrected chi connectivity index (χ1v) is 8.58. The van der Waals surface area contributed by atoms with Crippen molar-refractivity contribution in [3.63, 3.8) is 0 Å². The summed E-state index contributed by atoms with van der Waals surface area (Å²) in [6, 6.07) is 8.72. The van der Waals surface area contributed by atoms with Gasteiger partial charge < -0.3 is 5.32 Å². The van der Waals surface area contributed by atoms with Gasteiger partial charge in [0.25, 0.3) is 5.91 Å². The predicted molar refractivity (Wildman–Crippen MR) is 98.1 cm³/mol. The first-order chi connectivity index (χ1) is 13.1. The van der Waals surface area contributed by atoms with Gasteiger partial charge in [-0.2, -0.15) is 23.4 Å². The molecule has 148 valence electrons. The van der Waals surface area contributed by atoms with Crippen LogP contribution < -0.4 is 5.32 Å². The van der Waals surface area contributed by atoms with Crippen molar-refractivity contribution in [1.82, 2.24) is 19.6 Å². The molecule has 0 unspecified atom stereocenters. The summed E-state index contributed by atoms with van der Waals surface area (Å²) in [4.78, 5) is 12.5. The Morgan fingerprint density at radius 2 is 1.86 bits per heavy atom. The summed E-state index contributed by atoms with van der Waals surface area (Å²) in [5.74, 6) is -0.674. The fraction of sp³-hybridized carbons (Fsp3) is 0.316. The monoisotopic (exact) mass is 391 g/mol. The van der Waals surface area contributed by atoms with Crippen LogP contribution in [0.15, 0.2) is 30.3 Å². The number of carbonyl (C=O) groups is 1. The summed E-state index contributed by atoms with van der Waals surface area (Å²) in [5, 5.41) is 10.5. The van der Waals surface area contributed by atoms with E-state index in [9.17, 15) is 18.0 Å². The van der Waals surface area contributed by atoms with Gasteiger partial charge in [-0.1, -0.05) is 29.8 Å². The zero-order chi connectivity index (χ0) is 20.6. The van der Waals surface area contributed by atoms with Gasteiger partial charge in [0.05, 0.1) is 23.6 Å². The number of carbonyl (C=O) groups excluding carboxylic acids is 1. The van der Waals surface area contributed by atoms with Gasteiger partial charge in [0.15, 0.2) is 5.69 Å². The number of nitrogens with one attached hydrogen (secondary N) is 1. The van der Waals surface area contributed by atoms with Gasteiger partial charge in [-0.05, 0) is 26.3 Å². The number of aryl methyl sites for hydroxylation is 3. The molecular weight excluding hydrogens is 371 g/mol. The standard InChI is InChI=1S/C19H20F3N5O/c1-11-6-5-7-14(8-11)10-27-13(3)17(12(2)24-27)23-18(28)15-9-16(19(20,21)22)25-26(15)4/h5-9H,10H2,1-4H3,(H,23,28). The first kappa shape index (κ1) is 19.7. The van der Waals surface area contributed by atoms with E-state index in [1.54, 1.807) is 18.5 Å². The van der Waals surface area contributed by atoms with Gasteiger partial charge in [-0.3, -0.25) is 14.2 Å². The highest BCUT2D eigenvalue weighted by Gasteiger charge is 2.35. The van der Waals surface area contributed by atoms with Crippen LogP contribution in [0.4, 0.5) is 18.9 Å². The third-order valence-electron chi connectivity index (χ3n) is 4.44. The molecule has 3 aromatic rings. The lowest BCUT2D eigenvalue weighted by Crippen LogP contribution is -2.17. The molecule has 0 bridgehead atoms. The van der Waals surface area contributed by atoms with Crippen molar-refractivity contribution in [2.75, 3.05) is 5.32 Å². The number of hydrogen-bond donors (Lipinski definition) is 1. The first-order valence-electron chi connectivity index (χ1n) is 8.58. The molecule has 0 spiro atoms. The second-order valence-corrected chi connectivity index (χ2v) is 6.68. The zero-order valence-electron chi connectivity index (χ0n) is 15.9. The third kappa shape index (κ3) is 3.92.